The number of esters is 2. The van der Waals surface area contributed by atoms with E-state index in [0.717, 1.165) is 44.9 Å². The van der Waals surface area contributed by atoms with E-state index in [2.05, 4.69) is 27.7 Å². The van der Waals surface area contributed by atoms with Crippen molar-refractivity contribution in [2.45, 2.75) is 79.1 Å². The van der Waals surface area contributed by atoms with Crippen molar-refractivity contribution in [2.24, 2.45) is 17.3 Å². The largest absolute Gasteiger partial charge is 0.466 e. The molecule has 0 heterocycles. The maximum absolute atomic E-state index is 12.1. The summed E-state index contributed by atoms with van der Waals surface area (Å²) in [5.41, 5.74) is -0.176. The number of rotatable bonds is 11. The molecule has 0 radical (unpaired) electrons. The average molecular weight is 326 g/mol. The summed E-state index contributed by atoms with van der Waals surface area (Å²) in [6, 6.07) is 0. The summed E-state index contributed by atoms with van der Waals surface area (Å²) in [6.07, 6.45) is 7.44. The van der Waals surface area contributed by atoms with E-state index < -0.39 is 0 Å². The highest BCUT2D eigenvalue weighted by Crippen LogP contribution is 2.53. The highest BCUT2D eigenvalue weighted by Gasteiger charge is 2.53. The zero-order valence-electron chi connectivity index (χ0n) is 15.4. The van der Waals surface area contributed by atoms with Gasteiger partial charge in [-0.1, -0.05) is 53.4 Å². The van der Waals surface area contributed by atoms with Crippen molar-refractivity contribution in [3.8, 4) is 0 Å². The molecular formula is C19H34O4. The molecular weight excluding hydrogens is 292 g/mol. The molecule has 4 nitrogen and oxygen atoms in total. The number of carbonyl (C=O) groups is 2. The van der Waals surface area contributed by atoms with Gasteiger partial charge in [0.15, 0.2) is 0 Å². The van der Waals surface area contributed by atoms with Crippen LogP contribution < -0.4 is 0 Å². The van der Waals surface area contributed by atoms with E-state index in [1.807, 2.05) is 0 Å². The molecule has 0 saturated heterocycles. The Bertz CT molecular complexity index is 376. The van der Waals surface area contributed by atoms with E-state index in [9.17, 15) is 9.59 Å². The van der Waals surface area contributed by atoms with Gasteiger partial charge >= 0.3 is 11.9 Å². The van der Waals surface area contributed by atoms with E-state index in [0.29, 0.717) is 19.6 Å². The molecule has 0 N–H and O–H groups in total. The average Bonchev–Trinajstić information content (AvgIpc) is 2.51. The van der Waals surface area contributed by atoms with Gasteiger partial charge in [-0.3, -0.25) is 9.59 Å². The molecule has 23 heavy (non-hydrogen) atoms. The normalized spacial score (nSPS) is 22.3. The minimum absolute atomic E-state index is 0.0815. The van der Waals surface area contributed by atoms with Crippen molar-refractivity contribution in [1.82, 2.24) is 0 Å². The fraction of sp³-hybridized carbons (Fsp3) is 0.895. The van der Waals surface area contributed by atoms with Gasteiger partial charge in [0.05, 0.1) is 19.1 Å². The van der Waals surface area contributed by atoms with Crippen LogP contribution in [0, 0.1) is 17.3 Å². The Kier molecular flexibility index (Phi) is 8.64. The van der Waals surface area contributed by atoms with E-state index in [1.165, 1.54) is 0 Å². The van der Waals surface area contributed by atoms with Gasteiger partial charge in [-0.25, -0.2) is 0 Å². The molecule has 2 atom stereocenters. The number of hydrogen-bond acceptors (Lipinski definition) is 4. The Morgan fingerprint density at radius 3 is 2.04 bits per heavy atom. The number of unbranched alkanes of at least 4 members (excludes halogenated alkanes) is 4. The molecule has 4 heteroatoms. The second kappa shape index (κ2) is 9.94. The van der Waals surface area contributed by atoms with Gasteiger partial charge in [-0.15, -0.1) is 0 Å². The van der Waals surface area contributed by atoms with Gasteiger partial charge in [-0.05, 0) is 30.6 Å². The van der Waals surface area contributed by atoms with Crippen LogP contribution >= 0.6 is 0 Å². The SMILES string of the molecule is CCCCCOC(=O)CC1CC(C(=O)OCCCCC)C1(C)C. The molecule has 1 saturated carbocycles. The molecule has 0 bridgehead atoms. The molecule has 1 fully saturated rings. The van der Waals surface area contributed by atoms with Crippen LogP contribution in [0.4, 0.5) is 0 Å². The predicted octanol–water partition coefficient (Wildman–Crippen LogP) is 4.51. The van der Waals surface area contributed by atoms with Crippen LogP contribution in [0.1, 0.15) is 79.1 Å². The summed E-state index contributed by atoms with van der Waals surface area (Å²) in [5, 5.41) is 0. The topological polar surface area (TPSA) is 52.6 Å². The summed E-state index contributed by atoms with van der Waals surface area (Å²) < 4.78 is 10.6. The maximum Gasteiger partial charge on any atom is 0.309 e. The zero-order valence-corrected chi connectivity index (χ0v) is 15.4. The molecule has 1 aliphatic rings. The third-order valence-corrected chi connectivity index (χ3v) is 5.17. The maximum atomic E-state index is 12.1. The van der Waals surface area contributed by atoms with Crippen molar-refractivity contribution in [3.63, 3.8) is 0 Å². The van der Waals surface area contributed by atoms with E-state index >= 15 is 0 Å². The van der Waals surface area contributed by atoms with Crippen LogP contribution in [0.3, 0.4) is 0 Å². The van der Waals surface area contributed by atoms with Gasteiger partial charge in [0, 0.05) is 6.42 Å². The van der Waals surface area contributed by atoms with Crippen LogP contribution in [-0.4, -0.2) is 25.2 Å². The Labute approximate surface area is 141 Å². The van der Waals surface area contributed by atoms with Gasteiger partial charge in [0.1, 0.15) is 0 Å². The van der Waals surface area contributed by atoms with E-state index in [1.54, 1.807) is 0 Å². The first-order valence-corrected chi connectivity index (χ1v) is 9.25. The van der Waals surface area contributed by atoms with Crippen LogP contribution in [0.25, 0.3) is 0 Å². The minimum atomic E-state index is -0.176. The second-order valence-corrected chi connectivity index (χ2v) is 7.31. The fourth-order valence-electron chi connectivity index (χ4n) is 3.19. The molecule has 0 aliphatic heterocycles. The lowest BCUT2D eigenvalue weighted by Gasteiger charge is -2.50. The second-order valence-electron chi connectivity index (χ2n) is 7.31. The molecule has 0 amide bonds. The van der Waals surface area contributed by atoms with Crippen molar-refractivity contribution < 1.29 is 19.1 Å². The van der Waals surface area contributed by atoms with Gasteiger partial charge in [0.2, 0.25) is 0 Å². The van der Waals surface area contributed by atoms with Gasteiger partial charge in [-0.2, -0.15) is 0 Å². The summed E-state index contributed by atoms with van der Waals surface area (Å²) in [4.78, 5) is 24.0. The van der Waals surface area contributed by atoms with E-state index in [-0.39, 0.29) is 29.2 Å². The molecule has 2 unspecified atom stereocenters. The Morgan fingerprint density at radius 1 is 0.957 bits per heavy atom. The smallest absolute Gasteiger partial charge is 0.309 e. The number of carbonyl (C=O) groups excluding carboxylic acids is 2. The highest BCUT2D eigenvalue weighted by atomic mass is 16.5. The quantitative estimate of drug-likeness (QED) is 0.414. The highest BCUT2D eigenvalue weighted by molar-refractivity contribution is 5.76. The van der Waals surface area contributed by atoms with Crippen LogP contribution in [0.15, 0.2) is 0 Å². The molecule has 0 aromatic rings. The van der Waals surface area contributed by atoms with Gasteiger partial charge < -0.3 is 9.47 Å². The molecule has 1 aliphatic carbocycles. The summed E-state index contributed by atoms with van der Waals surface area (Å²) >= 11 is 0. The molecule has 0 aromatic carbocycles. The number of ether oxygens (including phenoxy) is 2. The van der Waals surface area contributed by atoms with Gasteiger partial charge in [0.25, 0.3) is 0 Å². The predicted molar refractivity (Wildman–Crippen MR) is 91.0 cm³/mol. The summed E-state index contributed by atoms with van der Waals surface area (Å²) in [5.74, 6) is -0.0935. The first kappa shape index (κ1) is 20.0. The lowest BCUT2D eigenvalue weighted by molar-refractivity contribution is -0.170. The zero-order chi connectivity index (χ0) is 17.3. The Hall–Kier alpha value is -1.06. The molecule has 134 valence electrons. The third kappa shape index (κ3) is 6.15. The standard InChI is InChI=1S/C19H34O4/c1-5-7-9-11-22-17(20)14-15-13-16(19(15,3)4)18(21)23-12-10-8-6-2/h15-16H,5-14H2,1-4H3. The lowest BCUT2D eigenvalue weighted by atomic mass is 9.54. The van der Waals surface area contributed by atoms with E-state index in [4.69, 9.17) is 9.47 Å². The van der Waals surface area contributed by atoms with Crippen molar-refractivity contribution >= 4 is 11.9 Å². The fourth-order valence-corrected chi connectivity index (χ4v) is 3.19. The first-order valence-electron chi connectivity index (χ1n) is 9.25. The summed E-state index contributed by atoms with van der Waals surface area (Å²) in [6.45, 7) is 9.40. The third-order valence-electron chi connectivity index (χ3n) is 5.17. The Balaban J connectivity index is 2.28. The van der Waals surface area contributed by atoms with Crippen molar-refractivity contribution in [1.29, 1.82) is 0 Å². The lowest BCUT2D eigenvalue weighted by Crippen LogP contribution is -2.50. The minimum Gasteiger partial charge on any atom is -0.466 e. The van der Waals surface area contributed by atoms with Crippen LogP contribution in [0.2, 0.25) is 0 Å². The first-order chi connectivity index (χ1) is 10.9. The number of hydrogen-bond donors (Lipinski definition) is 0. The monoisotopic (exact) mass is 326 g/mol. The van der Waals surface area contributed by atoms with Crippen LogP contribution in [0.5, 0.6) is 0 Å². The van der Waals surface area contributed by atoms with Crippen molar-refractivity contribution in [3.05, 3.63) is 0 Å². The molecule has 0 aromatic heterocycles. The van der Waals surface area contributed by atoms with Crippen LogP contribution in [-0.2, 0) is 19.1 Å². The molecule has 1 rings (SSSR count). The summed E-state index contributed by atoms with van der Waals surface area (Å²) in [7, 11) is 0. The van der Waals surface area contributed by atoms with Crippen molar-refractivity contribution in [2.75, 3.05) is 13.2 Å². The molecule has 0 spiro atoms. The Morgan fingerprint density at radius 2 is 1.52 bits per heavy atom.